The van der Waals surface area contributed by atoms with E-state index >= 15 is 0 Å². The molecule has 0 saturated carbocycles. The molecule has 1 N–H and O–H groups in total. The third-order valence-corrected chi connectivity index (χ3v) is 1.18. The quantitative estimate of drug-likeness (QED) is 0.572. The summed E-state index contributed by atoms with van der Waals surface area (Å²) in [7, 11) is 0. The Morgan fingerprint density at radius 3 is 2.25 bits per heavy atom. The van der Waals surface area contributed by atoms with Crippen LogP contribution in [-0.4, -0.2) is 5.11 Å². The van der Waals surface area contributed by atoms with Crippen LogP contribution in [0.2, 0.25) is 0 Å². The van der Waals surface area contributed by atoms with Gasteiger partial charge in [-0.05, 0) is 11.4 Å². The third-order valence-electron chi connectivity index (χ3n) is 0.506. The summed E-state index contributed by atoms with van der Waals surface area (Å²) >= 11 is 1.49. The summed E-state index contributed by atoms with van der Waals surface area (Å²) in [6.07, 6.45) is 0. The zero-order chi connectivity index (χ0) is 6.41. The fourth-order valence-corrected chi connectivity index (χ4v) is 0.772. The van der Waals surface area contributed by atoms with Crippen LogP contribution >= 0.6 is 11.3 Å². The monoisotopic (exact) mass is 130 g/mol. The summed E-state index contributed by atoms with van der Waals surface area (Å²) in [5, 5.41) is 12.0. The lowest BCUT2D eigenvalue weighted by atomic mass is 10.6. The first-order valence-corrected chi connectivity index (χ1v) is 3.55. The highest BCUT2D eigenvalue weighted by molar-refractivity contribution is 7.08. The predicted octanol–water partition coefficient (Wildman–Crippen LogP) is 2.48. The molecule has 0 aliphatic carbocycles. The largest absolute Gasteiger partial charge is 0.507 e. The molecule has 0 saturated heterocycles. The molecule has 0 bridgehead atoms. The lowest BCUT2D eigenvalue weighted by Crippen LogP contribution is -1.39. The molecule has 0 unspecified atom stereocenters. The number of hydrogen-bond donors (Lipinski definition) is 1. The second-order valence-corrected chi connectivity index (χ2v) is 1.76. The van der Waals surface area contributed by atoms with Gasteiger partial charge in [-0.15, -0.1) is 11.3 Å². The molecule has 0 aromatic carbocycles. The highest BCUT2D eigenvalue weighted by Gasteiger charge is 1.77. The normalized spacial score (nSPS) is 7.25. The molecule has 1 aromatic heterocycles. The Hall–Kier alpha value is -0.500. The Morgan fingerprint density at radius 1 is 1.50 bits per heavy atom. The Bertz CT molecular complexity index is 112. The van der Waals surface area contributed by atoms with Gasteiger partial charge in [0.2, 0.25) is 0 Å². The maximum atomic E-state index is 8.48. The predicted molar refractivity (Wildman–Crippen MR) is 37.3 cm³/mol. The Morgan fingerprint density at radius 2 is 2.12 bits per heavy atom. The van der Waals surface area contributed by atoms with Gasteiger partial charge in [-0.2, -0.15) is 0 Å². The van der Waals surface area contributed by atoms with Crippen LogP contribution in [0.15, 0.2) is 16.8 Å². The molecule has 2 heteroatoms. The summed E-state index contributed by atoms with van der Waals surface area (Å²) in [5.41, 5.74) is 0. The van der Waals surface area contributed by atoms with E-state index in [4.69, 9.17) is 5.11 Å². The second-order valence-electron chi connectivity index (χ2n) is 0.982. The molecule has 46 valence electrons. The molecule has 1 rings (SSSR count). The summed E-state index contributed by atoms with van der Waals surface area (Å²) in [5.74, 6) is 0.361. The minimum Gasteiger partial charge on any atom is -0.507 e. The van der Waals surface area contributed by atoms with Crippen LogP contribution in [0.1, 0.15) is 13.8 Å². The molecular weight excluding hydrogens is 120 g/mol. The van der Waals surface area contributed by atoms with E-state index in [1.807, 2.05) is 19.2 Å². The molecule has 1 heterocycles. The van der Waals surface area contributed by atoms with E-state index in [0.29, 0.717) is 5.75 Å². The maximum absolute atomic E-state index is 8.48. The molecule has 1 aromatic rings. The molecule has 0 aliphatic rings. The van der Waals surface area contributed by atoms with Gasteiger partial charge in [-0.3, -0.25) is 0 Å². The summed E-state index contributed by atoms with van der Waals surface area (Å²) < 4.78 is 0. The summed E-state index contributed by atoms with van der Waals surface area (Å²) in [4.78, 5) is 0. The van der Waals surface area contributed by atoms with E-state index in [0.717, 1.165) is 0 Å². The standard InChI is InChI=1S/C4H4OS.C2H6/c5-4-1-2-6-3-4;1-2/h1-3,5H;1-2H3. The van der Waals surface area contributed by atoms with Gasteiger partial charge in [-0.25, -0.2) is 0 Å². The van der Waals surface area contributed by atoms with E-state index in [2.05, 4.69) is 0 Å². The lowest BCUT2D eigenvalue weighted by molar-refractivity contribution is 0.478. The summed E-state index contributed by atoms with van der Waals surface area (Å²) in [6.45, 7) is 4.00. The van der Waals surface area contributed by atoms with Crippen molar-refractivity contribution in [3.05, 3.63) is 16.8 Å². The zero-order valence-electron chi connectivity index (χ0n) is 5.09. The van der Waals surface area contributed by atoms with Gasteiger partial charge in [0.25, 0.3) is 0 Å². The topological polar surface area (TPSA) is 20.2 Å². The molecule has 0 radical (unpaired) electrons. The Kier molecular flexibility index (Phi) is 4.36. The van der Waals surface area contributed by atoms with Crippen LogP contribution in [-0.2, 0) is 0 Å². The minimum atomic E-state index is 0.361. The molecular formula is C6H10OS. The van der Waals surface area contributed by atoms with Crippen LogP contribution in [0.5, 0.6) is 5.75 Å². The highest BCUT2D eigenvalue weighted by atomic mass is 32.1. The van der Waals surface area contributed by atoms with Gasteiger partial charge in [0, 0.05) is 5.38 Å². The second kappa shape index (κ2) is 4.65. The zero-order valence-corrected chi connectivity index (χ0v) is 5.90. The Balaban J connectivity index is 0.000000222. The first-order chi connectivity index (χ1) is 3.89. The van der Waals surface area contributed by atoms with Crippen molar-refractivity contribution in [2.24, 2.45) is 0 Å². The lowest BCUT2D eigenvalue weighted by Gasteiger charge is -1.67. The summed E-state index contributed by atoms with van der Waals surface area (Å²) in [6, 6.07) is 1.66. The van der Waals surface area contributed by atoms with E-state index in [9.17, 15) is 0 Å². The van der Waals surface area contributed by atoms with E-state index in [-0.39, 0.29) is 0 Å². The fraction of sp³-hybridized carbons (Fsp3) is 0.333. The molecule has 0 atom stereocenters. The van der Waals surface area contributed by atoms with Crippen LogP contribution in [0.25, 0.3) is 0 Å². The average Bonchev–Trinajstić information content (AvgIpc) is 2.24. The van der Waals surface area contributed by atoms with Crippen molar-refractivity contribution in [2.45, 2.75) is 13.8 Å². The average molecular weight is 130 g/mol. The van der Waals surface area contributed by atoms with Gasteiger partial charge < -0.3 is 5.11 Å². The Labute approximate surface area is 53.6 Å². The van der Waals surface area contributed by atoms with E-state index < -0.39 is 0 Å². The van der Waals surface area contributed by atoms with Crippen LogP contribution < -0.4 is 0 Å². The van der Waals surface area contributed by atoms with Crippen LogP contribution in [0.3, 0.4) is 0 Å². The number of thiophene rings is 1. The number of hydrogen-bond acceptors (Lipinski definition) is 2. The van der Waals surface area contributed by atoms with Crippen molar-refractivity contribution < 1.29 is 5.11 Å². The maximum Gasteiger partial charge on any atom is 0.126 e. The van der Waals surface area contributed by atoms with Gasteiger partial charge >= 0.3 is 0 Å². The van der Waals surface area contributed by atoms with Crippen molar-refractivity contribution >= 4 is 11.3 Å². The first-order valence-electron chi connectivity index (χ1n) is 2.61. The van der Waals surface area contributed by atoms with Gasteiger partial charge in [0.05, 0.1) is 0 Å². The van der Waals surface area contributed by atoms with Crippen molar-refractivity contribution in [3.8, 4) is 5.75 Å². The SMILES string of the molecule is CC.Oc1ccsc1. The molecule has 0 aliphatic heterocycles. The minimum absolute atomic E-state index is 0.361. The van der Waals surface area contributed by atoms with Gasteiger partial charge in [-0.1, -0.05) is 13.8 Å². The van der Waals surface area contributed by atoms with Crippen molar-refractivity contribution in [3.63, 3.8) is 0 Å². The molecule has 8 heavy (non-hydrogen) atoms. The number of rotatable bonds is 0. The van der Waals surface area contributed by atoms with E-state index in [1.54, 1.807) is 11.4 Å². The van der Waals surface area contributed by atoms with Crippen molar-refractivity contribution in [1.29, 1.82) is 0 Å². The smallest absolute Gasteiger partial charge is 0.126 e. The molecule has 0 spiro atoms. The van der Waals surface area contributed by atoms with Gasteiger partial charge in [0.15, 0.2) is 0 Å². The highest BCUT2D eigenvalue weighted by Crippen LogP contribution is 2.10. The first kappa shape index (κ1) is 7.50. The van der Waals surface area contributed by atoms with Crippen LogP contribution in [0.4, 0.5) is 0 Å². The van der Waals surface area contributed by atoms with Crippen molar-refractivity contribution in [2.75, 3.05) is 0 Å². The molecule has 0 fully saturated rings. The number of aromatic hydroxyl groups is 1. The van der Waals surface area contributed by atoms with E-state index in [1.165, 1.54) is 11.3 Å². The van der Waals surface area contributed by atoms with Gasteiger partial charge in [0.1, 0.15) is 5.75 Å². The molecule has 1 nitrogen and oxygen atoms in total. The molecule has 0 amide bonds. The van der Waals surface area contributed by atoms with Crippen molar-refractivity contribution in [1.82, 2.24) is 0 Å². The van der Waals surface area contributed by atoms with Crippen LogP contribution in [0, 0.1) is 0 Å². The third kappa shape index (κ3) is 2.64. The fourth-order valence-electron chi connectivity index (χ4n) is 0.257.